The highest BCUT2D eigenvalue weighted by Crippen LogP contribution is 2.25. The van der Waals surface area contributed by atoms with Crippen molar-refractivity contribution in [2.24, 2.45) is 0 Å². The summed E-state index contributed by atoms with van der Waals surface area (Å²) in [6.07, 6.45) is 0. The number of ether oxygens (including phenoxy) is 1. The van der Waals surface area contributed by atoms with E-state index in [9.17, 15) is 4.79 Å². The number of carbonyl (C=O) groups excluding carboxylic acids is 1. The molecule has 3 rings (SSSR count). The maximum atomic E-state index is 11.7. The van der Waals surface area contributed by atoms with Gasteiger partial charge in [-0.3, -0.25) is 10.1 Å². The number of thioether (sulfide) groups is 1. The van der Waals surface area contributed by atoms with Gasteiger partial charge in [0.25, 0.3) is 5.22 Å². The Hall–Kier alpha value is -2.46. The smallest absolute Gasteiger partial charge is 0.277 e. The zero-order chi connectivity index (χ0) is 16.1. The lowest BCUT2D eigenvalue weighted by molar-refractivity contribution is -0.113. The number of rotatable bonds is 6. The number of aromatic nitrogens is 4. The Kier molecular flexibility index (Phi) is 4.83. The Morgan fingerprint density at radius 2 is 2.30 bits per heavy atom. The molecule has 0 bridgehead atoms. The number of nitrogens with zero attached hydrogens (tertiary/aromatic N) is 4. The van der Waals surface area contributed by atoms with E-state index in [2.05, 4.69) is 25.7 Å². The zero-order valence-electron chi connectivity index (χ0n) is 11.9. The fourth-order valence-corrected chi connectivity index (χ4v) is 2.68. The van der Waals surface area contributed by atoms with Gasteiger partial charge in [0, 0.05) is 5.56 Å². The van der Waals surface area contributed by atoms with Gasteiger partial charge in [-0.25, -0.2) is 0 Å². The fourth-order valence-electron chi connectivity index (χ4n) is 1.65. The van der Waals surface area contributed by atoms with Gasteiger partial charge in [-0.15, -0.1) is 20.4 Å². The topological polar surface area (TPSA) is 103 Å². The van der Waals surface area contributed by atoms with Crippen LogP contribution in [0.1, 0.15) is 0 Å². The summed E-state index contributed by atoms with van der Waals surface area (Å²) in [4.78, 5) is 11.7. The standard InChI is InChI=1S/C13H11N5O3S2/c1-20-9-4-2-3-8(5-9)11-16-18-13(21-11)22-6-10(19)15-12-17-14-7-23-12/h2-5,7H,6H2,1H3,(H,15,17,19). The second-order valence-electron chi connectivity index (χ2n) is 4.19. The molecular weight excluding hydrogens is 338 g/mol. The molecule has 0 unspecified atom stereocenters. The van der Waals surface area contributed by atoms with E-state index in [-0.39, 0.29) is 11.7 Å². The first kappa shape index (κ1) is 15.4. The van der Waals surface area contributed by atoms with Gasteiger partial charge in [0.1, 0.15) is 11.3 Å². The second-order valence-corrected chi connectivity index (χ2v) is 5.95. The van der Waals surface area contributed by atoms with Crippen LogP contribution in [0, 0.1) is 0 Å². The van der Waals surface area contributed by atoms with Crippen molar-refractivity contribution in [3.63, 3.8) is 0 Å². The number of nitrogens with one attached hydrogen (secondary N) is 1. The van der Waals surface area contributed by atoms with Gasteiger partial charge in [0.2, 0.25) is 16.9 Å². The van der Waals surface area contributed by atoms with Crippen LogP contribution in [0.5, 0.6) is 5.75 Å². The summed E-state index contributed by atoms with van der Waals surface area (Å²) in [6, 6.07) is 7.30. The SMILES string of the molecule is COc1cccc(-c2nnc(SCC(=O)Nc3nncs3)o2)c1. The number of carbonyl (C=O) groups is 1. The Morgan fingerprint density at radius 3 is 3.09 bits per heavy atom. The minimum absolute atomic E-state index is 0.138. The average Bonchev–Trinajstić information content (AvgIpc) is 3.24. The third-order valence-electron chi connectivity index (χ3n) is 2.66. The highest BCUT2D eigenvalue weighted by atomic mass is 32.2. The molecule has 0 saturated heterocycles. The molecule has 118 valence electrons. The van der Waals surface area contributed by atoms with E-state index in [4.69, 9.17) is 9.15 Å². The maximum Gasteiger partial charge on any atom is 0.277 e. The van der Waals surface area contributed by atoms with Crippen molar-refractivity contribution >= 4 is 34.1 Å². The molecule has 1 amide bonds. The molecule has 23 heavy (non-hydrogen) atoms. The zero-order valence-corrected chi connectivity index (χ0v) is 13.6. The van der Waals surface area contributed by atoms with Crippen LogP contribution in [-0.2, 0) is 4.79 Å². The van der Waals surface area contributed by atoms with Crippen LogP contribution in [0.3, 0.4) is 0 Å². The van der Waals surface area contributed by atoms with Crippen LogP contribution >= 0.6 is 23.1 Å². The summed E-state index contributed by atoms with van der Waals surface area (Å²) in [7, 11) is 1.59. The summed E-state index contributed by atoms with van der Waals surface area (Å²) in [6.45, 7) is 0. The Balaban J connectivity index is 1.59. The van der Waals surface area contributed by atoms with Crippen molar-refractivity contribution in [3.8, 4) is 17.2 Å². The van der Waals surface area contributed by atoms with Crippen LogP contribution in [0.25, 0.3) is 11.5 Å². The van der Waals surface area contributed by atoms with E-state index >= 15 is 0 Å². The third kappa shape index (κ3) is 4.05. The van der Waals surface area contributed by atoms with Crippen molar-refractivity contribution in [1.29, 1.82) is 0 Å². The normalized spacial score (nSPS) is 10.5. The minimum Gasteiger partial charge on any atom is -0.497 e. The molecular formula is C13H11N5O3S2. The van der Waals surface area contributed by atoms with E-state index < -0.39 is 0 Å². The molecule has 1 N–H and O–H groups in total. The predicted molar refractivity (Wildman–Crippen MR) is 85.5 cm³/mol. The quantitative estimate of drug-likeness (QED) is 0.676. The number of methoxy groups -OCH3 is 1. The molecule has 0 aliphatic carbocycles. The van der Waals surface area contributed by atoms with E-state index in [1.54, 1.807) is 18.7 Å². The van der Waals surface area contributed by atoms with Crippen molar-refractivity contribution in [1.82, 2.24) is 20.4 Å². The Bertz CT molecular complexity index is 791. The first-order valence-electron chi connectivity index (χ1n) is 6.41. The first-order chi connectivity index (χ1) is 11.2. The molecule has 10 heteroatoms. The number of benzene rings is 1. The molecule has 3 aromatic rings. The third-order valence-corrected chi connectivity index (χ3v) is 4.08. The fraction of sp³-hybridized carbons (Fsp3) is 0.154. The molecule has 0 radical (unpaired) electrons. The van der Waals surface area contributed by atoms with E-state index in [1.165, 1.54) is 11.3 Å². The van der Waals surface area contributed by atoms with Gasteiger partial charge < -0.3 is 9.15 Å². The van der Waals surface area contributed by atoms with Crippen LogP contribution in [0.4, 0.5) is 5.13 Å². The van der Waals surface area contributed by atoms with Crippen LogP contribution in [0.15, 0.2) is 39.4 Å². The molecule has 0 aliphatic rings. The van der Waals surface area contributed by atoms with Crippen molar-refractivity contribution in [2.75, 3.05) is 18.2 Å². The van der Waals surface area contributed by atoms with E-state index in [0.29, 0.717) is 22.0 Å². The summed E-state index contributed by atoms with van der Waals surface area (Å²) in [5.41, 5.74) is 2.29. The highest BCUT2D eigenvalue weighted by Gasteiger charge is 2.12. The van der Waals surface area contributed by atoms with E-state index in [0.717, 1.165) is 17.3 Å². The van der Waals surface area contributed by atoms with Crippen molar-refractivity contribution in [3.05, 3.63) is 29.8 Å². The Morgan fingerprint density at radius 1 is 1.39 bits per heavy atom. The predicted octanol–water partition coefficient (Wildman–Crippen LogP) is 2.33. The van der Waals surface area contributed by atoms with Crippen LogP contribution in [0.2, 0.25) is 0 Å². The second kappa shape index (κ2) is 7.20. The molecule has 1 aromatic carbocycles. The number of hydrogen-bond acceptors (Lipinski definition) is 9. The van der Waals surface area contributed by atoms with E-state index in [1.807, 2.05) is 18.2 Å². The highest BCUT2D eigenvalue weighted by molar-refractivity contribution is 7.99. The largest absolute Gasteiger partial charge is 0.497 e. The lowest BCUT2D eigenvalue weighted by Crippen LogP contribution is -2.13. The lowest BCUT2D eigenvalue weighted by Gasteiger charge is -2.00. The lowest BCUT2D eigenvalue weighted by atomic mass is 10.2. The summed E-state index contributed by atoms with van der Waals surface area (Å²) in [5.74, 6) is 0.995. The molecule has 8 nitrogen and oxygen atoms in total. The van der Waals surface area contributed by atoms with Gasteiger partial charge in [0.15, 0.2) is 0 Å². The van der Waals surface area contributed by atoms with Gasteiger partial charge >= 0.3 is 0 Å². The Labute approximate surface area is 139 Å². The number of anilines is 1. The van der Waals surface area contributed by atoms with Gasteiger partial charge in [0.05, 0.1) is 12.9 Å². The van der Waals surface area contributed by atoms with Crippen molar-refractivity contribution < 1.29 is 13.9 Å². The maximum absolute atomic E-state index is 11.7. The van der Waals surface area contributed by atoms with Gasteiger partial charge in [-0.1, -0.05) is 29.2 Å². The molecule has 0 spiro atoms. The van der Waals surface area contributed by atoms with Gasteiger partial charge in [-0.05, 0) is 18.2 Å². The first-order valence-corrected chi connectivity index (χ1v) is 8.28. The average molecular weight is 349 g/mol. The van der Waals surface area contributed by atoms with Crippen LogP contribution in [-0.4, -0.2) is 39.2 Å². The molecule has 0 aliphatic heterocycles. The molecule has 2 aromatic heterocycles. The van der Waals surface area contributed by atoms with Crippen molar-refractivity contribution in [2.45, 2.75) is 5.22 Å². The summed E-state index contributed by atoms with van der Waals surface area (Å²) < 4.78 is 10.7. The minimum atomic E-state index is -0.215. The summed E-state index contributed by atoms with van der Waals surface area (Å²) >= 11 is 2.40. The van der Waals surface area contributed by atoms with Gasteiger partial charge in [-0.2, -0.15) is 0 Å². The monoisotopic (exact) mass is 349 g/mol. The molecule has 0 fully saturated rings. The summed E-state index contributed by atoms with van der Waals surface area (Å²) in [5, 5.41) is 18.7. The number of amides is 1. The molecule has 0 saturated carbocycles. The molecule has 2 heterocycles. The molecule has 0 atom stereocenters. The number of hydrogen-bond donors (Lipinski definition) is 1. The van der Waals surface area contributed by atoms with Crippen LogP contribution < -0.4 is 10.1 Å².